The lowest BCUT2D eigenvalue weighted by Crippen LogP contribution is -2.52. The Balaban J connectivity index is 2.32. The number of rotatable bonds is 5. The van der Waals surface area contributed by atoms with Gasteiger partial charge in [-0.05, 0) is 18.2 Å². The fourth-order valence-corrected chi connectivity index (χ4v) is 3.54. The van der Waals surface area contributed by atoms with Gasteiger partial charge in [-0.25, -0.2) is 8.42 Å². The Morgan fingerprint density at radius 1 is 1.38 bits per heavy atom. The third kappa shape index (κ3) is 2.69. The number of benzene rings is 1. The summed E-state index contributed by atoms with van der Waals surface area (Å²) in [6.45, 7) is -0.175. The van der Waals surface area contributed by atoms with Crippen LogP contribution in [-0.2, 0) is 14.8 Å². The number of aliphatic carboxylic acids is 1. The Hall–Kier alpha value is -2.13. The van der Waals surface area contributed by atoms with Gasteiger partial charge in [-0.3, -0.25) is 9.59 Å². The van der Waals surface area contributed by atoms with Crippen LogP contribution in [0.3, 0.4) is 0 Å². The molecule has 0 unspecified atom stereocenters. The van der Waals surface area contributed by atoms with Crippen molar-refractivity contribution < 1.29 is 27.9 Å². The predicted molar refractivity (Wildman–Crippen MR) is 71.4 cm³/mol. The van der Waals surface area contributed by atoms with E-state index in [9.17, 15) is 18.0 Å². The maximum absolute atomic E-state index is 12.3. The monoisotopic (exact) mass is 314 g/mol. The zero-order valence-electron chi connectivity index (χ0n) is 11.1. The molecule has 3 N–H and O–H groups in total. The zero-order chi connectivity index (χ0) is 15.8. The molecule has 1 aromatic carbocycles. The largest absolute Gasteiger partial charge is 0.496 e. The first-order valence-corrected chi connectivity index (χ1v) is 7.42. The maximum atomic E-state index is 12.3. The summed E-state index contributed by atoms with van der Waals surface area (Å²) < 4.78 is 30.6. The van der Waals surface area contributed by atoms with Gasteiger partial charge in [-0.2, -0.15) is 4.31 Å². The molecule has 0 atom stereocenters. The normalized spacial score (nSPS) is 16.2. The van der Waals surface area contributed by atoms with Crippen LogP contribution >= 0.6 is 0 Å². The highest BCUT2D eigenvalue weighted by atomic mass is 32.2. The summed E-state index contributed by atoms with van der Waals surface area (Å²) in [5.74, 6) is -2.37. The fourth-order valence-electron chi connectivity index (χ4n) is 1.98. The van der Waals surface area contributed by atoms with Crippen LogP contribution in [0.4, 0.5) is 0 Å². The van der Waals surface area contributed by atoms with E-state index < -0.39 is 27.8 Å². The number of carboxylic acids is 1. The Morgan fingerprint density at radius 2 is 2.00 bits per heavy atom. The highest BCUT2D eigenvalue weighted by Gasteiger charge is 2.40. The number of hydrogen-bond donors (Lipinski definition) is 2. The van der Waals surface area contributed by atoms with Gasteiger partial charge in [-0.15, -0.1) is 0 Å². The van der Waals surface area contributed by atoms with Crippen molar-refractivity contribution in [1.82, 2.24) is 4.31 Å². The van der Waals surface area contributed by atoms with Crippen LogP contribution in [0.5, 0.6) is 5.75 Å². The molecule has 1 fully saturated rings. The molecule has 21 heavy (non-hydrogen) atoms. The van der Waals surface area contributed by atoms with E-state index in [0.29, 0.717) is 0 Å². The number of carboxylic acid groups (broad SMARTS) is 1. The number of sulfonamides is 1. The van der Waals surface area contributed by atoms with E-state index in [0.717, 1.165) is 10.4 Å². The molecule has 1 amide bonds. The highest BCUT2D eigenvalue weighted by Crippen LogP contribution is 2.28. The molecular weight excluding hydrogens is 300 g/mol. The van der Waals surface area contributed by atoms with Gasteiger partial charge in [0.1, 0.15) is 5.75 Å². The number of ether oxygens (including phenoxy) is 1. The molecule has 0 saturated carbocycles. The molecule has 1 heterocycles. The van der Waals surface area contributed by atoms with Crippen LogP contribution in [0.2, 0.25) is 0 Å². The zero-order valence-corrected chi connectivity index (χ0v) is 12.0. The summed E-state index contributed by atoms with van der Waals surface area (Å²) in [4.78, 5) is 21.9. The van der Waals surface area contributed by atoms with Gasteiger partial charge in [0.05, 0.1) is 23.5 Å². The summed E-state index contributed by atoms with van der Waals surface area (Å²) in [5.41, 5.74) is 5.13. The molecule has 8 nitrogen and oxygen atoms in total. The predicted octanol–water partition coefficient (Wildman–Crippen LogP) is -0.501. The number of carbonyl (C=O) groups is 2. The second kappa shape index (κ2) is 5.34. The van der Waals surface area contributed by atoms with Crippen molar-refractivity contribution in [3.63, 3.8) is 0 Å². The van der Waals surface area contributed by atoms with Crippen molar-refractivity contribution in [2.45, 2.75) is 4.90 Å². The van der Waals surface area contributed by atoms with E-state index in [4.69, 9.17) is 15.6 Å². The lowest BCUT2D eigenvalue weighted by Gasteiger charge is -2.35. The summed E-state index contributed by atoms with van der Waals surface area (Å²) in [7, 11) is -2.51. The van der Waals surface area contributed by atoms with Crippen molar-refractivity contribution in [3.8, 4) is 5.75 Å². The number of methoxy groups -OCH3 is 1. The lowest BCUT2D eigenvalue weighted by atomic mass is 10.0. The smallest absolute Gasteiger partial charge is 0.309 e. The molecular formula is C12H14N2O6S. The number of primary amides is 1. The van der Waals surface area contributed by atoms with Crippen molar-refractivity contribution in [3.05, 3.63) is 23.8 Å². The molecule has 9 heteroatoms. The van der Waals surface area contributed by atoms with E-state index in [2.05, 4.69) is 0 Å². The fraction of sp³-hybridized carbons (Fsp3) is 0.333. The Kier molecular flexibility index (Phi) is 3.88. The average molecular weight is 314 g/mol. The number of nitrogens with two attached hydrogens (primary N) is 1. The molecule has 0 bridgehead atoms. The lowest BCUT2D eigenvalue weighted by molar-refractivity contribution is -0.145. The first kappa shape index (κ1) is 15.3. The minimum Gasteiger partial charge on any atom is -0.496 e. The molecule has 0 spiro atoms. The van der Waals surface area contributed by atoms with E-state index in [1.807, 2.05) is 0 Å². The third-order valence-corrected chi connectivity index (χ3v) is 5.10. The molecule has 1 aliphatic rings. The molecule has 0 radical (unpaired) electrons. The van der Waals surface area contributed by atoms with Crippen LogP contribution in [0.25, 0.3) is 0 Å². The first-order chi connectivity index (χ1) is 9.77. The Bertz CT molecular complexity index is 694. The topological polar surface area (TPSA) is 127 Å². The van der Waals surface area contributed by atoms with Gasteiger partial charge in [0.15, 0.2) is 0 Å². The number of nitrogens with zero attached hydrogens (tertiary/aromatic N) is 1. The minimum absolute atomic E-state index is 0.0473. The third-order valence-electron chi connectivity index (χ3n) is 3.27. The van der Waals surface area contributed by atoms with Crippen molar-refractivity contribution in [1.29, 1.82) is 0 Å². The average Bonchev–Trinajstić information content (AvgIpc) is 2.35. The Labute approximate surface area is 121 Å². The van der Waals surface area contributed by atoms with E-state index >= 15 is 0 Å². The van der Waals surface area contributed by atoms with Crippen LogP contribution in [-0.4, -0.2) is 49.9 Å². The first-order valence-electron chi connectivity index (χ1n) is 5.98. The van der Waals surface area contributed by atoms with Crippen LogP contribution in [0.15, 0.2) is 23.1 Å². The molecule has 1 saturated heterocycles. The number of carbonyl (C=O) groups excluding carboxylic acids is 1. The van der Waals surface area contributed by atoms with Gasteiger partial charge in [0.2, 0.25) is 10.0 Å². The summed E-state index contributed by atoms with van der Waals surface area (Å²) in [5, 5.41) is 8.77. The van der Waals surface area contributed by atoms with Gasteiger partial charge in [0, 0.05) is 13.1 Å². The van der Waals surface area contributed by atoms with Crippen molar-refractivity contribution >= 4 is 21.9 Å². The SMILES string of the molecule is COc1ccc(S(=O)(=O)N2CC(C(=O)O)C2)cc1C(N)=O. The molecule has 2 rings (SSSR count). The van der Waals surface area contributed by atoms with Crippen LogP contribution in [0.1, 0.15) is 10.4 Å². The standard InChI is InChI=1S/C12H14N2O6S/c1-20-10-3-2-8(4-9(10)11(13)15)21(18,19)14-5-7(6-14)12(16)17/h2-4,7H,5-6H2,1H3,(H2,13,15)(H,16,17). The van der Waals surface area contributed by atoms with E-state index in [-0.39, 0.29) is 29.3 Å². The molecule has 0 aliphatic carbocycles. The summed E-state index contributed by atoms with van der Waals surface area (Å²) in [6, 6.07) is 3.75. The van der Waals surface area contributed by atoms with Gasteiger partial charge in [-0.1, -0.05) is 0 Å². The summed E-state index contributed by atoms with van der Waals surface area (Å²) >= 11 is 0. The summed E-state index contributed by atoms with van der Waals surface area (Å²) in [6.07, 6.45) is 0. The molecule has 114 valence electrons. The molecule has 1 aliphatic heterocycles. The van der Waals surface area contributed by atoms with Gasteiger partial charge < -0.3 is 15.6 Å². The quantitative estimate of drug-likeness (QED) is 0.754. The van der Waals surface area contributed by atoms with E-state index in [1.54, 1.807) is 0 Å². The van der Waals surface area contributed by atoms with Crippen molar-refractivity contribution in [2.75, 3.05) is 20.2 Å². The number of amides is 1. The second-order valence-corrected chi connectivity index (χ2v) is 6.52. The van der Waals surface area contributed by atoms with Gasteiger partial charge in [0.25, 0.3) is 5.91 Å². The van der Waals surface area contributed by atoms with Gasteiger partial charge >= 0.3 is 5.97 Å². The van der Waals surface area contributed by atoms with Crippen LogP contribution in [0, 0.1) is 5.92 Å². The van der Waals surface area contributed by atoms with Crippen LogP contribution < -0.4 is 10.5 Å². The minimum atomic E-state index is -3.84. The van der Waals surface area contributed by atoms with Crippen molar-refractivity contribution in [2.24, 2.45) is 11.7 Å². The Morgan fingerprint density at radius 3 is 2.48 bits per heavy atom. The van der Waals surface area contributed by atoms with E-state index in [1.165, 1.54) is 19.2 Å². The molecule has 1 aromatic rings. The maximum Gasteiger partial charge on any atom is 0.309 e. The number of hydrogen-bond acceptors (Lipinski definition) is 5. The highest BCUT2D eigenvalue weighted by molar-refractivity contribution is 7.89. The molecule has 0 aromatic heterocycles. The second-order valence-electron chi connectivity index (χ2n) is 4.58.